The van der Waals surface area contributed by atoms with Gasteiger partial charge in [-0.25, -0.2) is 4.79 Å². The number of Topliss-reactive ketones (excluding diaryl/α,β-unsaturated/α-hetero) is 1. The van der Waals surface area contributed by atoms with Crippen molar-refractivity contribution in [2.24, 2.45) is 0 Å². The summed E-state index contributed by atoms with van der Waals surface area (Å²) in [6.45, 7) is 0.695. The highest BCUT2D eigenvalue weighted by molar-refractivity contribution is 9.10. The molecule has 2 rings (SSSR count). The lowest BCUT2D eigenvalue weighted by Gasteiger charge is -2.21. The van der Waals surface area contributed by atoms with E-state index in [4.69, 9.17) is 14.2 Å². The van der Waals surface area contributed by atoms with Crippen molar-refractivity contribution in [1.82, 2.24) is 0 Å². The summed E-state index contributed by atoms with van der Waals surface area (Å²) in [4.78, 5) is 23.5. The van der Waals surface area contributed by atoms with Crippen molar-refractivity contribution in [1.29, 1.82) is 0 Å². The molecule has 1 saturated heterocycles. The highest BCUT2D eigenvalue weighted by Crippen LogP contribution is 2.16. The van der Waals surface area contributed by atoms with Gasteiger partial charge in [-0.15, -0.1) is 0 Å². The Morgan fingerprint density at radius 1 is 1.32 bits per heavy atom. The minimum atomic E-state index is -0.735. The summed E-state index contributed by atoms with van der Waals surface area (Å²) in [5, 5.41) is 0. The number of ketones is 1. The van der Waals surface area contributed by atoms with Crippen LogP contribution >= 0.6 is 15.9 Å². The van der Waals surface area contributed by atoms with Crippen LogP contribution in [0.25, 0.3) is 0 Å². The van der Waals surface area contributed by atoms with E-state index in [2.05, 4.69) is 15.9 Å². The fourth-order valence-electron chi connectivity index (χ4n) is 1.62. The van der Waals surface area contributed by atoms with Crippen LogP contribution in [0, 0.1) is 0 Å². The smallest absolute Gasteiger partial charge is 0.338 e. The number of halogens is 1. The van der Waals surface area contributed by atoms with Crippen molar-refractivity contribution in [2.45, 2.75) is 6.10 Å². The topological polar surface area (TPSA) is 61.8 Å². The summed E-state index contributed by atoms with van der Waals surface area (Å²) in [5.41, 5.74) is 0.483. The van der Waals surface area contributed by atoms with Crippen LogP contribution in [-0.2, 0) is 19.0 Å². The van der Waals surface area contributed by atoms with Crippen LogP contribution in [0.2, 0.25) is 0 Å². The van der Waals surface area contributed by atoms with Gasteiger partial charge in [-0.2, -0.15) is 0 Å². The van der Waals surface area contributed by atoms with Gasteiger partial charge in [0.1, 0.15) is 0 Å². The summed E-state index contributed by atoms with van der Waals surface area (Å²) >= 11 is 3.27. The largest absolute Gasteiger partial charge is 0.455 e. The quantitative estimate of drug-likeness (QED) is 0.620. The van der Waals surface area contributed by atoms with Crippen molar-refractivity contribution in [3.8, 4) is 0 Å². The van der Waals surface area contributed by atoms with E-state index in [0.29, 0.717) is 23.2 Å². The molecule has 0 spiro atoms. The molecule has 5 nitrogen and oxygen atoms in total. The van der Waals surface area contributed by atoms with Gasteiger partial charge in [0.25, 0.3) is 0 Å². The molecule has 1 aliphatic rings. The lowest BCUT2D eigenvalue weighted by molar-refractivity contribution is -0.169. The van der Waals surface area contributed by atoms with Gasteiger partial charge in [-0.3, -0.25) is 4.79 Å². The molecule has 1 atom stereocenters. The number of hydrogen-bond acceptors (Lipinski definition) is 5. The molecule has 1 heterocycles. The second kappa shape index (κ2) is 6.79. The third-order valence-electron chi connectivity index (χ3n) is 2.60. The Morgan fingerprint density at radius 2 is 2.11 bits per heavy atom. The molecule has 0 N–H and O–H groups in total. The summed E-state index contributed by atoms with van der Waals surface area (Å²) in [6.07, 6.45) is -0.735. The van der Waals surface area contributed by atoms with Gasteiger partial charge in [-0.05, 0) is 6.07 Å². The van der Waals surface area contributed by atoms with Crippen LogP contribution in [0.4, 0.5) is 0 Å². The zero-order valence-electron chi connectivity index (χ0n) is 10.1. The normalized spacial score (nSPS) is 18.9. The molecule has 0 aromatic heterocycles. The van der Waals surface area contributed by atoms with E-state index in [0.717, 1.165) is 0 Å². The first-order valence-corrected chi connectivity index (χ1v) is 6.61. The number of benzene rings is 1. The molecule has 0 unspecified atom stereocenters. The van der Waals surface area contributed by atoms with E-state index >= 15 is 0 Å². The number of hydrogen-bond donors (Lipinski definition) is 0. The molecule has 0 bridgehead atoms. The number of rotatable bonds is 4. The van der Waals surface area contributed by atoms with E-state index < -0.39 is 12.1 Å². The lowest BCUT2D eigenvalue weighted by Crippen LogP contribution is -2.37. The molecule has 19 heavy (non-hydrogen) atoms. The summed E-state index contributed by atoms with van der Waals surface area (Å²) in [6, 6.07) is 6.98. The Balaban J connectivity index is 1.86. The molecule has 0 saturated carbocycles. The first kappa shape index (κ1) is 14.2. The molecule has 1 fully saturated rings. The van der Waals surface area contributed by atoms with Crippen molar-refractivity contribution in [3.63, 3.8) is 0 Å². The molecule has 0 aliphatic carbocycles. The van der Waals surface area contributed by atoms with Gasteiger partial charge in [0.05, 0.1) is 19.8 Å². The zero-order valence-corrected chi connectivity index (χ0v) is 11.7. The molecule has 6 heteroatoms. The number of esters is 1. The van der Waals surface area contributed by atoms with E-state index in [1.165, 1.54) is 0 Å². The Kier molecular flexibility index (Phi) is 5.07. The van der Waals surface area contributed by atoms with Gasteiger partial charge < -0.3 is 14.2 Å². The zero-order chi connectivity index (χ0) is 13.7. The fraction of sp³-hybridized carbons (Fsp3) is 0.385. The summed E-state index contributed by atoms with van der Waals surface area (Å²) in [5.74, 6) is -0.836. The van der Waals surface area contributed by atoms with Gasteiger partial charge in [-0.1, -0.05) is 34.1 Å². The molecule has 1 aromatic rings. The predicted molar refractivity (Wildman–Crippen MR) is 70.0 cm³/mol. The van der Waals surface area contributed by atoms with E-state index in [1.807, 2.05) is 0 Å². The summed E-state index contributed by atoms with van der Waals surface area (Å²) in [7, 11) is 0. The molecule has 1 aliphatic heterocycles. The average molecular weight is 329 g/mol. The first-order valence-electron chi connectivity index (χ1n) is 5.82. The van der Waals surface area contributed by atoms with E-state index in [-0.39, 0.29) is 19.0 Å². The average Bonchev–Trinajstić information content (AvgIpc) is 2.46. The predicted octanol–water partition coefficient (Wildman–Crippen LogP) is 1.59. The minimum Gasteiger partial charge on any atom is -0.455 e. The van der Waals surface area contributed by atoms with E-state index in [1.54, 1.807) is 24.3 Å². The Hall–Kier alpha value is -1.24. The molecule has 1 aromatic carbocycles. The third kappa shape index (κ3) is 3.86. The van der Waals surface area contributed by atoms with E-state index in [9.17, 15) is 9.59 Å². The Bertz CT molecular complexity index is 468. The SMILES string of the molecule is O=C(COC(=O)[C@@H]1COCCO1)c1ccccc1Br. The number of carbonyl (C=O) groups excluding carboxylic acids is 2. The third-order valence-corrected chi connectivity index (χ3v) is 3.29. The van der Waals surface area contributed by atoms with Crippen LogP contribution in [0.1, 0.15) is 10.4 Å². The number of ether oxygens (including phenoxy) is 3. The molecule has 102 valence electrons. The Morgan fingerprint density at radius 3 is 2.79 bits per heavy atom. The fourth-order valence-corrected chi connectivity index (χ4v) is 2.12. The first-order chi connectivity index (χ1) is 9.18. The van der Waals surface area contributed by atoms with Crippen LogP contribution in [0.15, 0.2) is 28.7 Å². The Labute approximate surface area is 119 Å². The highest BCUT2D eigenvalue weighted by Gasteiger charge is 2.25. The molecular formula is C13H13BrO5. The van der Waals surface area contributed by atoms with Gasteiger partial charge in [0.15, 0.2) is 12.7 Å². The van der Waals surface area contributed by atoms with Crippen LogP contribution in [-0.4, -0.2) is 44.3 Å². The van der Waals surface area contributed by atoms with Crippen molar-refractivity contribution in [2.75, 3.05) is 26.4 Å². The lowest BCUT2D eigenvalue weighted by atomic mass is 10.1. The maximum atomic E-state index is 11.9. The maximum Gasteiger partial charge on any atom is 0.338 e. The standard InChI is InChI=1S/C13H13BrO5/c14-10-4-2-1-3-9(10)11(15)7-19-13(16)12-8-17-5-6-18-12/h1-4,12H,5-8H2/t12-/m0/s1. The second-order valence-electron chi connectivity index (χ2n) is 3.95. The maximum absolute atomic E-state index is 11.9. The van der Waals surface area contributed by atoms with Gasteiger partial charge in [0.2, 0.25) is 5.78 Å². The molecule has 0 radical (unpaired) electrons. The van der Waals surface area contributed by atoms with Crippen molar-refractivity contribution in [3.05, 3.63) is 34.3 Å². The number of carbonyl (C=O) groups is 2. The van der Waals surface area contributed by atoms with Gasteiger partial charge >= 0.3 is 5.97 Å². The summed E-state index contributed by atoms with van der Waals surface area (Å²) < 4.78 is 15.9. The highest BCUT2D eigenvalue weighted by atomic mass is 79.9. The van der Waals surface area contributed by atoms with Crippen LogP contribution < -0.4 is 0 Å². The molecular weight excluding hydrogens is 316 g/mol. The van der Waals surface area contributed by atoms with Gasteiger partial charge in [0, 0.05) is 10.0 Å². The van der Waals surface area contributed by atoms with Crippen molar-refractivity contribution >= 4 is 27.7 Å². The van der Waals surface area contributed by atoms with Crippen molar-refractivity contribution < 1.29 is 23.8 Å². The van der Waals surface area contributed by atoms with Crippen LogP contribution in [0.3, 0.4) is 0 Å². The monoisotopic (exact) mass is 328 g/mol. The second-order valence-corrected chi connectivity index (χ2v) is 4.80. The van der Waals surface area contributed by atoms with Crippen LogP contribution in [0.5, 0.6) is 0 Å². The minimum absolute atomic E-state index is 0.169. The molecule has 0 amide bonds.